The molecule has 0 aliphatic heterocycles. The van der Waals surface area contributed by atoms with Crippen LogP contribution in [0.5, 0.6) is 0 Å². The molecule has 0 amide bonds. The molecule has 10 aromatic carbocycles. The number of rotatable bonds is 19. The van der Waals surface area contributed by atoms with E-state index < -0.39 is 0 Å². The lowest BCUT2D eigenvalue weighted by molar-refractivity contribution is 0.551. The molecular weight excluding hydrogens is 1450 g/mol. The Labute approximate surface area is 691 Å². The first-order valence-corrected chi connectivity index (χ1v) is 43.1. The number of fused-ring (bicyclic) bond motifs is 6. The van der Waals surface area contributed by atoms with Crippen molar-refractivity contribution in [2.24, 2.45) is 0 Å². The van der Waals surface area contributed by atoms with Gasteiger partial charge in [-0.3, -0.25) is 14.4 Å². The largest absolute Gasteiger partial charge is 0.464 e. The third-order valence-electron chi connectivity index (χ3n) is 22.1. The second kappa shape index (κ2) is 42.9. The Hall–Kier alpha value is -11.5. The topological polar surface area (TPSA) is 151 Å². The van der Waals surface area contributed by atoms with Crippen LogP contribution in [-0.2, 0) is 96.3 Å². The number of hydrogen-bond acceptors (Lipinski definition) is 10. The summed E-state index contributed by atoms with van der Waals surface area (Å²) < 4.78 is 28.5. The number of benzene rings is 10. The van der Waals surface area contributed by atoms with Gasteiger partial charge in [0.1, 0.15) is 34.2 Å². The third-order valence-corrected chi connectivity index (χ3v) is 22.1. The van der Waals surface area contributed by atoms with E-state index in [-0.39, 0.29) is 27.5 Å². The van der Waals surface area contributed by atoms with E-state index in [2.05, 4.69) is 204 Å². The molecule has 15 rings (SSSR count). The number of aryl methyl sites for hydroxylation is 15. The van der Waals surface area contributed by atoms with Crippen molar-refractivity contribution in [3.05, 3.63) is 336 Å². The van der Waals surface area contributed by atoms with Crippen LogP contribution in [0.25, 0.3) is 110 Å². The van der Waals surface area contributed by atoms with Crippen LogP contribution < -0.4 is 27.5 Å². The highest BCUT2D eigenvalue weighted by Crippen LogP contribution is 2.34. The van der Waals surface area contributed by atoms with Gasteiger partial charge in [0, 0.05) is 27.5 Å². The molecule has 0 N–H and O–H groups in total. The second-order valence-corrected chi connectivity index (χ2v) is 28.9. The van der Waals surface area contributed by atoms with Crippen molar-refractivity contribution in [2.75, 3.05) is 0 Å². The maximum absolute atomic E-state index is 13.0. The minimum atomic E-state index is -0.272. The fourth-order valence-electron chi connectivity index (χ4n) is 14.8. The summed E-state index contributed by atoms with van der Waals surface area (Å²) in [6, 6.07) is 62.7. The standard InChI is InChI=1S/C25H24O2.3C21H22O2.C15H18O2.2C2H6/c1-4-16-7-8-20-14-21(10-9-19(20)11-16)23-15-22-13-17(5-2)12-18(6-3)24(22)27-25(23)26;1-4-14-7-9-17(10-8-14)18-12-20-19(11-15(18)5-2)21(22)16(6-3)13-23-20;1-4-14-7-9-17(10-8-14)19-13-20-18(11-15(19)5-2)12-16(6-3)21(22)23-20;1-4-14-7-9-17(10-8-14)19-13-23-21-16(6-3)11-15(5-2)12-18(21)20(19)22;1-4-10-7-11(5-2)15-13(8-10)14(16)12(6-3)9-17-15;2*1-2/h7-15H,4-6H2,1-3H3;3*7-13H,4-6H2,1-3H3;7-9H,4-6H2,1-3H3;2*1-2H3. The van der Waals surface area contributed by atoms with Gasteiger partial charge in [-0.25, -0.2) is 9.59 Å². The summed E-state index contributed by atoms with van der Waals surface area (Å²) in [6.07, 6.45) is 18.3. The molecular formula is C107H120O10. The van der Waals surface area contributed by atoms with E-state index >= 15 is 0 Å². The van der Waals surface area contributed by atoms with Crippen LogP contribution in [0.2, 0.25) is 0 Å². The number of hydrogen-bond donors (Lipinski definition) is 0. The lowest BCUT2D eigenvalue weighted by Gasteiger charge is -2.11. The quantitative estimate of drug-likeness (QED) is 0.0716. The molecule has 5 aromatic heterocycles. The van der Waals surface area contributed by atoms with E-state index in [0.29, 0.717) is 45.9 Å². The van der Waals surface area contributed by atoms with Crippen molar-refractivity contribution in [3.63, 3.8) is 0 Å². The highest BCUT2D eigenvalue weighted by atomic mass is 16.4. The molecule has 0 fully saturated rings. The normalized spacial score (nSPS) is 10.9. The molecule has 0 bridgehead atoms. The van der Waals surface area contributed by atoms with Crippen LogP contribution >= 0.6 is 0 Å². The summed E-state index contributed by atoms with van der Waals surface area (Å²) in [4.78, 5) is 62.4. The van der Waals surface area contributed by atoms with Gasteiger partial charge in [-0.1, -0.05) is 253 Å². The van der Waals surface area contributed by atoms with E-state index in [0.717, 1.165) is 177 Å². The first-order chi connectivity index (χ1) is 56.8. The van der Waals surface area contributed by atoms with Gasteiger partial charge in [0.05, 0.1) is 39.8 Å². The zero-order valence-electron chi connectivity index (χ0n) is 72.7. The molecule has 0 radical (unpaired) electrons. The zero-order chi connectivity index (χ0) is 84.6. The molecule has 10 nitrogen and oxygen atoms in total. The van der Waals surface area contributed by atoms with Crippen molar-refractivity contribution in [3.8, 4) is 44.5 Å². The van der Waals surface area contributed by atoms with E-state index in [1.54, 1.807) is 18.8 Å². The van der Waals surface area contributed by atoms with Gasteiger partial charge >= 0.3 is 11.3 Å². The summed E-state index contributed by atoms with van der Waals surface area (Å²) in [5.74, 6) is 0. The highest BCUT2D eigenvalue weighted by Gasteiger charge is 2.18. The highest BCUT2D eigenvalue weighted by molar-refractivity contribution is 5.92. The minimum Gasteiger partial charge on any atom is -0.464 e. The van der Waals surface area contributed by atoms with Gasteiger partial charge < -0.3 is 22.1 Å². The Balaban J connectivity index is 0.000000166. The Morgan fingerprint density at radius 3 is 1.08 bits per heavy atom. The predicted molar refractivity (Wildman–Crippen MR) is 495 cm³/mol. The molecule has 0 atom stereocenters. The molecule has 5 heterocycles. The maximum atomic E-state index is 13.0. The summed E-state index contributed by atoms with van der Waals surface area (Å²) >= 11 is 0. The van der Waals surface area contributed by atoms with Crippen molar-refractivity contribution in [1.29, 1.82) is 0 Å². The van der Waals surface area contributed by atoms with Gasteiger partial charge in [-0.2, -0.15) is 0 Å². The van der Waals surface area contributed by atoms with E-state index in [1.807, 2.05) is 109 Å². The fourth-order valence-corrected chi connectivity index (χ4v) is 14.8. The van der Waals surface area contributed by atoms with Gasteiger partial charge in [0.15, 0.2) is 10.9 Å². The molecule has 10 heteroatoms. The van der Waals surface area contributed by atoms with E-state index in [4.69, 9.17) is 22.1 Å². The van der Waals surface area contributed by atoms with E-state index in [1.165, 1.54) is 66.6 Å². The lowest BCUT2D eigenvalue weighted by Crippen LogP contribution is -2.09. The first kappa shape index (κ1) is 89.4. The molecule has 608 valence electrons. The maximum Gasteiger partial charge on any atom is 0.344 e. The van der Waals surface area contributed by atoms with Crippen LogP contribution in [0.4, 0.5) is 0 Å². The van der Waals surface area contributed by atoms with Crippen LogP contribution in [-0.4, -0.2) is 0 Å². The van der Waals surface area contributed by atoms with Crippen LogP contribution in [0.15, 0.2) is 247 Å². The zero-order valence-corrected chi connectivity index (χ0v) is 72.7. The Morgan fingerprint density at radius 1 is 0.214 bits per heavy atom. The average Bonchev–Trinajstić information content (AvgIpc) is 0.803. The monoisotopic (exact) mass is 1560 g/mol. The van der Waals surface area contributed by atoms with Crippen molar-refractivity contribution in [1.82, 2.24) is 0 Å². The van der Waals surface area contributed by atoms with Crippen LogP contribution in [0.3, 0.4) is 0 Å². The van der Waals surface area contributed by atoms with Gasteiger partial charge in [0.25, 0.3) is 0 Å². The molecule has 117 heavy (non-hydrogen) atoms. The molecule has 0 unspecified atom stereocenters. The van der Waals surface area contributed by atoms with Gasteiger partial charge in [-0.15, -0.1) is 0 Å². The Kier molecular flexibility index (Phi) is 32.8. The SMILES string of the molecule is CC.CC.CCc1cc(CC)c2occ(CC)c(=O)c2c1.CCc1ccc(-c2cc3oc(=O)c(CC)cc3cc2CC)cc1.CCc1ccc(-c2cc3occ(CC)c(=O)c3cc2CC)cc1.CCc1ccc(-c2coc3c(CC)cc(CC)cc3c2=O)cc1.CCc1ccc2cc(-c3cc4cc(CC)cc(CC)c4oc3=O)ccc2c1. The van der Waals surface area contributed by atoms with Crippen LogP contribution in [0.1, 0.15) is 215 Å². The fraction of sp³-hybridized carbons (Fsp3) is 0.318. The molecule has 0 saturated carbocycles. The summed E-state index contributed by atoms with van der Waals surface area (Å²) in [7, 11) is 0. The average molecular weight is 1570 g/mol. The summed E-state index contributed by atoms with van der Waals surface area (Å²) in [5, 5.41) is 6.47. The first-order valence-electron chi connectivity index (χ1n) is 43.1. The Bertz CT molecular complexity index is 6140. The Morgan fingerprint density at radius 2 is 0.590 bits per heavy atom. The lowest BCUT2D eigenvalue weighted by atomic mass is 9.95. The van der Waals surface area contributed by atoms with Gasteiger partial charge in [-0.05, 0) is 268 Å². The summed E-state index contributed by atoms with van der Waals surface area (Å²) in [6.45, 7) is 39.4. The predicted octanol–water partition coefficient (Wildman–Crippen LogP) is 27.3. The van der Waals surface area contributed by atoms with Crippen molar-refractivity contribution < 1.29 is 22.1 Å². The van der Waals surface area contributed by atoms with Crippen molar-refractivity contribution in [2.45, 2.75) is 228 Å². The van der Waals surface area contributed by atoms with Gasteiger partial charge in [0.2, 0.25) is 5.43 Å². The van der Waals surface area contributed by atoms with E-state index in [9.17, 15) is 24.0 Å². The second-order valence-electron chi connectivity index (χ2n) is 28.9. The smallest absolute Gasteiger partial charge is 0.344 e. The molecule has 0 aliphatic carbocycles. The van der Waals surface area contributed by atoms with Crippen LogP contribution in [0, 0.1) is 0 Å². The minimum absolute atomic E-state index is 0.0560. The molecule has 0 spiro atoms. The molecule has 0 aliphatic rings. The molecule has 0 saturated heterocycles. The summed E-state index contributed by atoms with van der Waals surface area (Å²) in [5.41, 5.74) is 27.9. The molecule has 15 aromatic rings. The van der Waals surface area contributed by atoms with Crippen molar-refractivity contribution >= 4 is 65.6 Å². The third kappa shape index (κ3) is 20.8.